The van der Waals surface area contributed by atoms with E-state index in [4.69, 9.17) is 4.74 Å². The SMILES string of the molecule is O=C1C(=O)C(Nc2ccncc2)C1NCCCCCCS(=O)(=O)N(CCCN1CCOCC1)Cc1cccnc1. The van der Waals surface area contributed by atoms with Crippen molar-refractivity contribution in [2.24, 2.45) is 0 Å². The first-order valence-corrected chi connectivity index (χ1v) is 15.7. The topological polar surface area (TPSA) is 134 Å². The Morgan fingerprint density at radius 3 is 2.42 bits per heavy atom. The van der Waals surface area contributed by atoms with Crippen LogP contribution in [0, 0.1) is 0 Å². The van der Waals surface area contributed by atoms with E-state index in [0.29, 0.717) is 26.1 Å². The number of ether oxygens (including phenoxy) is 1. The van der Waals surface area contributed by atoms with Crippen LogP contribution < -0.4 is 10.6 Å². The third-order valence-electron chi connectivity index (χ3n) is 7.30. The van der Waals surface area contributed by atoms with Gasteiger partial charge in [0.2, 0.25) is 21.6 Å². The summed E-state index contributed by atoms with van der Waals surface area (Å²) in [6, 6.07) is 6.12. The van der Waals surface area contributed by atoms with E-state index in [1.54, 1.807) is 41.2 Å². The highest BCUT2D eigenvalue weighted by Gasteiger charge is 2.48. The number of morpholine rings is 1. The van der Waals surface area contributed by atoms with Crippen molar-refractivity contribution in [3.8, 4) is 0 Å². The van der Waals surface area contributed by atoms with Crippen LogP contribution in [0.2, 0.25) is 0 Å². The summed E-state index contributed by atoms with van der Waals surface area (Å²) >= 11 is 0. The summed E-state index contributed by atoms with van der Waals surface area (Å²) in [4.78, 5) is 34.5. The Balaban J connectivity index is 1.17. The third-order valence-corrected chi connectivity index (χ3v) is 9.20. The minimum Gasteiger partial charge on any atom is -0.379 e. The maximum Gasteiger partial charge on any atom is 0.224 e. The highest BCUT2D eigenvalue weighted by Crippen LogP contribution is 2.18. The molecule has 11 nitrogen and oxygen atoms in total. The number of carbonyl (C=O) groups excluding carboxylic acids is 2. The van der Waals surface area contributed by atoms with Gasteiger partial charge < -0.3 is 15.4 Å². The Kier molecular flexibility index (Phi) is 11.5. The van der Waals surface area contributed by atoms with Gasteiger partial charge in [0.25, 0.3) is 0 Å². The zero-order valence-electron chi connectivity index (χ0n) is 22.9. The van der Waals surface area contributed by atoms with Crippen molar-refractivity contribution in [3.63, 3.8) is 0 Å². The van der Waals surface area contributed by atoms with Crippen molar-refractivity contribution in [1.82, 2.24) is 24.5 Å². The zero-order valence-corrected chi connectivity index (χ0v) is 23.7. The van der Waals surface area contributed by atoms with Gasteiger partial charge in [-0.3, -0.25) is 24.5 Å². The van der Waals surface area contributed by atoms with Crippen LogP contribution in [0.3, 0.4) is 0 Å². The van der Waals surface area contributed by atoms with Gasteiger partial charge in [0, 0.05) is 56.7 Å². The van der Waals surface area contributed by atoms with Crippen LogP contribution in [-0.4, -0.2) is 103 Å². The van der Waals surface area contributed by atoms with E-state index in [1.165, 1.54) is 0 Å². The molecule has 2 aliphatic rings. The Labute approximate surface area is 236 Å². The lowest BCUT2D eigenvalue weighted by Gasteiger charge is -2.34. The minimum absolute atomic E-state index is 0.103. The molecule has 0 aromatic carbocycles. The number of hydrogen-bond acceptors (Lipinski definition) is 10. The number of nitrogens with zero attached hydrogens (tertiary/aromatic N) is 4. The van der Waals surface area contributed by atoms with Crippen LogP contribution in [0.15, 0.2) is 49.1 Å². The molecule has 218 valence electrons. The Hall–Kier alpha value is -2.77. The number of sulfonamides is 1. The first kappa shape index (κ1) is 30.2. The number of hydrogen-bond donors (Lipinski definition) is 2. The van der Waals surface area contributed by atoms with E-state index < -0.39 is 33.7 Å². The molecule has 0 amide bonds. The quantitative estimate of drug-likeness (QED) is 0.212. The van der Waals surface area contributed by atoms with Crippen molar-refractivity contribution in [1.29, 1.82) is 0 Å². The van der Waals surface area contributed by atoms with Gasteiger partial charge in [-0.2, -0.15) is 4.31 Å². The van der Waals surface area contributed by atoms with Gasteiger partial charge in [-0.05, 0) is 56.1 Å². The lowest BCUT2D eigenvalue weighted by molar-refractivity contribution is -0.145. The molecule has 2 N–H and O–H groups in total. The second-order valence-corrected chi connectivity index (χ2v) is 12.3. The van der Waals surface area contributed by atoms with E-state index in [9.17, 15) is 18.0 Å². The first-order valence-electron chi connectivity index (χ1n) is 14.1. The lowest BCUT2D eigenvalue weighted by Crippen LogP contribution is -2.67. The van der Waals surface area contributed by atoms with Crippen molar-refractivity contribution in [2.45, 2.75) is 50.7 Å². The van der Waals surface area contributed by atoms with Crippen molar-refractivity contribution in [3.05, 3.63) is 54.6 Å². The smallest absolute Gasteiger partial charge is 0.224 e. The molecule has 1 aliphatic heterocycles. The molecule has 2 fully saturated rings. The van der Waals surface area contributed by atoms with Gasteiger partial charge in [0.15, 0.2) is 0 Å². The predicted molar refractivity (Wildman–Crippen MR) is 152 cm³/mol. The second-order valence-electron chi connectivity index (χ2n) is 10.3. The largest absolute Gasteiger partial charge is 0.379 e. The maximum absolute atomic E-state index is 13.3. The highest BCUT2D eigenvalue weighted by atomic mass is 32.2. The summed E-state index contributed by atoms with van der Waals surface area (Å²) in [7, 11) is -3.42. The first-order chi connectivity index (χ1) is 19.4. The van der Waals surface area contributed by atoms with E-state index in [1.807, 2.05) is 12.1 Å². The molecule has 4 rings (SSSR count). The van der Waals surface area contributed by atoms with Gasteiger partial charge in [0.05, 0.1) is 19.0 Å². The summed E-state index contributed by atoms with van der Waals surface area (Å²) in [5, 5.41) is 6.27. The predicted octanol–water partition coefficient (Wildman–Crippen LogP) is 1.48. The number of carbonyl (C=O) groups is 2. The van der Waals surface area contributed by atoms with Gasteiger partial charge in [-0.25, -0.2) is 8.42 Å². The van der Waals surface area contributed by atoms with Gasteiger partial charge in [-0.1, -0.05) is 18.9 Å². The van der Waals surface area contributed by atoms with E-state index in [-0.39, 0.29) is 5.75 Å². The number of anilines is 1. The fraction of sp³-hybridized carbons (Fsp3) is 0.571. The summed E-state index contributed by atoms with van der Waals surface area (Å²) in [5.41, 5.74) is 1.62. The summed E-state index contributed by atoms with van der Waals surface area (Å²) in [6.45, 7) is 5.46. The average molecular weight is 573 g/mol. The Morgan fingerprint density at radius 1 is 0.925 bits per heavy atom. The molecule has 2 atom stereocenters. The zero-order chi connectivity index (χ0) is 28.2. The summed E-state index contributed by atoms with van der Waals surface area (Å²) in [5.74, 6) is -0.716. The van der Waals surface area contributed by atoms with E-state index >= 15 is 0 Å². The van der Waals surface area contributed by atoms with Crippen LogP contribution >= 0.6 is 0 Å². The number of rotatable bonds is 17. The molecule has 1 aliphatic carbocycles. The van der Waals surface area contributed by atoms with Gasteiger partial charge in [0.1, 0.15) is 12.1 Å². The number of nitrogens with one attached hydrogen (secondary N) is 2. The Morgan fingerprint density at radius 2 is 1.68 bits per heavy atom. The van der Waals surface area contributed by atoms with Crippen LogP contribution in [-0.2, 0) is 30.9 Å². The molecule has 1 saturated carbocycles. The standard InChI is InChI=1S/C28H40N6O5S/c35-27-25(26(28(27)36)32-24-8-12-29-13-9-24)31-11-3-1-2-4-20-40(37,38)34(22-23-7-5-10-30-21-23)15-6-14-33-16-18-39-19-17-33/h5,7-10,12-13,21,25-26,31H,1-4,6,11,14-20,22H2,(H,29,32). The fourth-order valence-corrected chi connectivity index (χ4v) is 6.54. The molecule has 0 radical (unpaired) electrons. The number of ketones is 2. The molecule has 1 saturated heterocycles. The molecule has 40 heavy (non-hydrogen) atoms. The number of pyridine rings is 2. The number of unbranched alkanes of at least 4 members (excludes halogenated alkanes) is 3. The molecule has 3 heterocycles. The van der Waals surface area contributed by atoms with Crippen molar-refractivity contribution >= 4 is 27.3 Å². The number of Topliss-reactive ketones (excluding diaryl/α,β-unsaturated/α-hetero) is 2. The summed E-state index contributed by atoms with van der Waals surface area (Å²) in [6.07, 6.45) is 10.4. The van der Waals surface area contributed by atoms with Crippen LogP contribution in [0.1, 0.15) is 37.7 Å². The molecule has 2 aromatic rings. The van der Waals surface area contributed by atoms with Gasteiger partial charge >= 0.3 is 0 Å². The fourth-order valence-electron chi connectivity index (χ4n) is 4.96. The molecular formula is C28H40N6O5S. The van der Waals surface area contributed by atoms with Gasteiger partial charge in [-0.15, -0.1) is 0 Å². The van der Waals surface area contributed by atoms with Crippen molar-refractivity contribution < 1.29 is 22.7 Å². The highest BCUT2D eigenvalue weighted by molar-refractivity contribution is 7.89. The third kappa shape index (κ3) is 8.87. The van der Waals surface area contributed by atoms with E-state index in [0.717, 1.165) is 69.8 Å². The maximum atomic E-state index is 13.3. The molecule has 0 bridgehead atoms. The van der Waals surface area contributed by atoms with Crippen LogP contribution in [0.4, 0.5) is 5.69 Å². The Bertz CT molecular complexity index is 1180. The molecule has 0 spiro atoms. The van der Waals surface area contributed by atoms with E-state index in [2.05, 4.69) is 25.5 Å². The molecule has 12 heteroatoms. The van der Waals surface area contributed by atoms with Crippen LogP contribution in [0.25, 0.3) is 0 Å². The number of aromatic nitrogens is 2. The normalized spacial score (nSPS) is 20.0. The minimum atomic E-state index is -3.42. The molecule has 2 aromatic heterocycles. The monoisotopic (exact) mass is 572 g/mol. The van der Waals surface area contributed by atoms with Crippen LogP contribution in [0.5, 0.6) is 0 Å². The molecular weight excluding hydrogens is 532 g/mol. The average Bonchev–Trinajstić information content (AvgIpc) is 2.98. The molecule has 2 unspecified atom stereocenters. The second kappa shape index (κ2) is 15.3. The van der Waals surface area contributed by atoms with Crippen molar-refractivity contribution in [2.75, 3.05) is 57.0 Å². The summed E-state index contributed by atoms with van der Waals surface area (Å²) < 4.78 is 33.6. The lowest BCUT2D eigenvalue weighted by atomic mass is 9.82.